The Kier molecular flexibility index (Phi) is 2.80. The van der Waals surface area contributed by atoms with Crippen molar-refractivity contribution in [1.29, 1.82) is 0 Å². The van der Waals surface area contributed by atoms with E-state index >= 15 is 0 Å². The molecule has 1 fully saturated rings. The maximum Gasteiger partial charge on any atom is 0.241 e. The summed E-state index contributed by atoms with van der Waals surface area (Å²) in [7, 11) is 1.86. The van der Waals surface area contributed by atoms with Crippen LogP contribution in [0.5, 0.6) is 0 Å². The molecule has 0 aromatic heterocycles. The Labute approximate surface area is 91.0 Å². The van der Waals surface area contributed by atoms with Crippen LogP contribution >= 0.6 is 0 Å². The first-order valence-electron chi connectivity index (χ1n) is 5.36. The van der Waals surface area contributed by atoms with Crippen LogP contribution in [-0.2, 0) is 4.79 Å². The van der Waals surface area contributed by atoms with E-state index < -0.39 is 0 Å². The van der Waals surface area contributed by atoms with E-state index in [0.717, 1.165) is 19.5 Å². The Morgan fingerprint density at radius 3 is 2.80 bits per heavy atom. The summed E-state index contributed by atoms with van der Waals surface area (Å²) in [5.41, 5.74) is 2.54. The molecule has 3 heteroatoms. The highest BCUT2D eigenvalue weighted by Crippen LogP contribution is 2.20. The van der Waals surface area contributed by atoms with Crippen molar-refractivity contribution >= 4 is 5.91 Å². The second-order valence-corrected chi connectivity index (χ2v) is 4.26. The van der Waals surface area contributed by atoms with Gasteiger partial charge in [0.25, 0.3) is 0 Å². The SMILES string of the molecule is CC1=CC(N2CCN(C)C(=O)C2)=C[CH]C1. The number of hydrogen-bond acceptors (Lipinski definition) is 2. The Morgan fingerprint density at radius 2 is 2.13 bits per heavy atom. The fraction of sp³-hybridized carbons (Fsp3) is 0.500. The Hall–Kier alpha value is -1.25. The molecule has 0 aromatic rings. The molecule has 2 aliphatic rings. The third-order valence-electron chi connectivity index (χ3n) is 2.95. The predicted molar refractivity (Wildman–Crippen MR) is 60.0 cm³/mol. The predicted octanol–water partition coefficient (Wildman–Crippen LogP) is 1.20. The largest absolute Gasteiger partial charge is 0.361 e. The zero-order valence-corrected chi connectivity index (χ0v) is 9.36. The summed E-state index contributed by atoms with van der Waals surface area (Å²) in [6, 6.07) is 0. The Balaban J connectivity index is 2.06. The van der Waals surface area contributed by atoms with E-state index in [0.29, 0.717) is 6.54 Å². The first kappa shape index (κ1) is 10.3. The molecule has 0 saturated carbocycles. The van der Waals surface area contributed by atoms with E-state index in [1.165, 1.54) is 11.3 Å². The number of nitrogens with zero attached hydrogens (tertiary/aromatic N) is 2. The highest BCUT2D eigenvalue weighted by atomic mass is 16.2. The minimum atomic E-state index is 0.207. The molecule has 1 amide bonds. The third-order valence-corrected chi connectivity index (χ3v) is 2.95. The summed E-state index contributed by atoms with van der Waals surface area (Å²) in [6.07, 6.45) is 7.49. The quantitative estimate of drug-likeness (QED) is 0.642. The van der Waals surface area contributed by atoms with Crippen LogP contribution in [0.2, 0.25) is 0 Å². The molecular formula is C12H17N2O. The van der Waals surface area contributed by atoms with Gasteiger partial charge in [-0.3, -0.25) is 4.79 Å². The van der Waals surface area contributed by atoms with Gasteiger partial charge in [0, 0.05) is 25.8 Å². The number of rotatable bonds is 1. The summed E-state index contributed by atoms with van der Waals surface area (Å²) in [4.78, 5) is 15.5. The summed E-state index contributed by atoms with van der Waals surface area (Å²) < 4.78 is 0. The van der Waals surface area contributed by atoms with Crippen molar-refractivity contribution in [2.75, 3.05) is 26.7 Å². The third kappa shape index (κ3) is 2.22. The minimum Gasteiger partial charge on any atom is -0.361 e. The highest BCUT2D eigenvalue weighted by Gasteiger charge is 2.22. The second kappa shape index (κ2) is 4.09. The summed E-state index contributed by atoms with van der Waals surface area (Å²) in [5, 5.41) is 0. The van der Waals surface area contributed by atoms with Crippen molar-refractivity contribution in [3.8, 4) is 0 Å². The summed E-state index contributed by atoms with van der Waals surface area (Å²) in [5.74, 6) is 0.207. The van der Waals surface area contributed by atoms with Gasteiger partial charge in [0.05, 0.1) is 6.54 Å². The number of amides is 1. The Bertz CT molecular complexity index is 331. The van der Waals surface area contributed by atoms with Crippen molar-refractivity contribution in [2.24, 2.45) is 0 Å². The molecule has 0 bridgehead atoms. The van der Waals surface area contributed by atoms with E-state index in [2.05, 4.69) is 30.4 Å². The lowest BCUT2D eigenvalue weighted by molar-refractivity contribution is -0.133. The van der Waals surface area contributed by atoms with Crippen molar-refractivity contribution < 1.29 is 4.79 Å². The van der Waals surface area contributed by atoms with Crippen molar-refractivity contribution in [3.63, 3.8) is 0 Å². The first-order valence-corrected chi connectivity index (χ1v) is 5.36. The van der Waals surface area contributed by atoms with Crippen LogP contribution in [-0.4, -0.2) is 42.4 Å². The van der Waals surface area contributed by atoms with E-state index in [1.807, 2.05) is 7.05 Å². The van der Waals surface area contributed by atoms with Gasteiger partial charge in [0.2, 0.25) is 5.91 Å². The van der Waals surface area contributed by atoms with Crippen LogP contribution in [0.25, 0.3) is 0 Å². The fourth-order valence-electron chi connectivity index (χ4n) is 1.90. The summed E-state index contributed by atoms with van der Waals surface area (Å²) >= 11 is 0. The molecule has 1 saturated heterocycles. The maximum absolute atomic E-state index is 11.6. The molecule has 1 radical (unpaired) electrons. The lowest BCUT2D eigenvalue weighted by atomic mass is 10.0. The van der Waals surface area contributed by atoms with Crippen LogP contribution in [0.3, 0.4) is 0 Å². The molecule has 0 atom stereocenters. The molecule has 1 aliphatic heterocycles. The number of piperazine rings is 1. The molecule has 0 spiro atoms. The van der Waals surface area contributed by atoms with Crippen molar-refractivity contribution in [1.82, 2.24) is 9.80 Å². The molecule has 81 valence electrons. The zero-order chi connectivity index (χ0) is 10.8. The van der Waals surface area contributed by atoms with Gasteiger partial charge in [-0.05, 0) is 25.8 Å². The monoisotopic (exact) mass is 205 g/mol. The van der Waals surface area contributed by atoms with Crippen LogP contribution < -0.4 is 0 Å². The van der Waals surface area contributed by atoms with Gasteiger partial charge >= 0.3 is 0 Å². The van der Waals surface area contributed by atoms with Gasteiger partial charge < -0.3 is 9.80 Å². The number of carbonyl (C=O) groups is 1. The van der Waals surface area contributed by atoms with Crippen LogP contribution in [0.1, 0.15) is 13.3 Å². The minimum absolute atomic E-state index is 0.207. The van der Waals surface area contributed by atoms with E-state index in [9.17, 15) is 4.79 Å². The van der Waals surface area contributed by atoms with Gasteiger partial charge in [0.1, 0.15) is 0 Å². The van der Waals surface area contributed by atoms with E-state index in [-0.39, 0.29) is 5.91 Å². The average Bonchev–Trinajstić information content (AvgIpc) is 2.22. The number of carbonyl (C=O) groups excluding carboxylic acids is 1. The molecule has 0 N–H and O–H groups in total. The first-order chi connectivity index (χ1) is 7.16. The van der Waals surface area contributed by atoms with Crippen molar-refractivity contribution in [2.45, 2.75) is 13.3 Å². The highest BCUT2D eigenvalue weighted by molar-refractivity contribution is 5.79. The number of allylic oxidation sites excluding steroid dienone is 3. The van der Waals surface area contributed by atoms with Gasteiger partial charge in [0.15, 0.2) is 0 Å². The topological polar surface area (TPSA) is 23.6 Å². The maximum atomic E-state index is 11.6. The standard InChI is InChI=1S/C12H17N2O/c1-10-4-3-5-11(8-10)14-7-6-13(2)12(15)9-14/h3,5,8H,4,6-7,9H2,1-2H3. The Morgan fingerprint density at radius 1 is 1.33 bits per heavy atom. The number of likely N-dealkylation sites (N-methyl/N-ethyl adjacent to an activating group) is 1. The van der Waals surface area contributed by atoms with Gasteiger partial charge in [-0.15, -0.1) is 0 Å². The average molecular weight is 205 g/mol. The normalized spacial score (nSPS) is 22.7. The molecule has 1 heterocycles. The molecule has 15 heavy (non-hydrogen) atoms. The second-order valence-electron chi connectivity index (χ2n) is 4.26. The number of hydrogen-bond donors (Lipinski definition) is 0. The lowest BCUT2D eigenvalue weighted by Crippen LogP contribution is -2.47. The van der Waals surface area contributed by atoms with Crippen LogP contribution in [0, 0.1) is 6.42 Å². The summed E-state index contributed by atoms with van der Waals surface area (Å²) in [6.45, 7) is 4.40. The van der Waals surface area contributed by atoms with E-state index in [1.54, 1.807) is 4.90 Å². The van der Waals surface area contributed by atoms with Gasteiger partial charge in [-0.1, -0.05) is 11.6 Å². The molecule has 2 rings (SSSR count). The molecule has 3 nitrogen and oxygen atoms in total. The fourth-order valence-corrected chi connectivity index (χ4v) is 1.90. The van der Waals surface area contributed by atoms with Crippen LogP contribution in [0.4, 0.5) is 0 Å². The smallest absolute Gasteiger partial charge is 0.241 e. The van der Waals surface area contributed by atoms with Crippen molar-refractivity contribution in [3.05, 3.63) is 29.8 Å². The van der Waals surface area contributed by atoms with Crippen LogP contribution in [0.15, 0.2) is 23.4 Å². The molecule has 0 unspecified atom stereocenters. The zero-order valence-electron chi connectivity index (χ0n) is 9.36. The lowest BCUT2D eigenvalue weighted by Gasteiger charge is -2.35. The van der Waals surface area contributed by atoms with E-state index in [4.69, 9.17) is 0 Å². The van der Waals surface area contributed by atoms with Gasteiger partial charge in [-0.25, -0.2) is 0 Å². The molecule has 1 aliphatic carbocycles. The molecular weight excluding hydrogens is 188 g/mol. The van der Waals surface area contributed by atoms with Gasteiger partial charge in [-0.2, -0.15) is 0 Å². The molecule has 0 aromatic carbocycles.